The van der Waals surface area contributed by atoms with Crippen LogP contribution in [0, 0.1) is 6.92 Å². The van der Waals surface area contributed by atoms with E-state index in [0.29, 0.717) is 13.0 Å². The van der Waals surface area contributed by atoms with Gasteiger partial charge in [-0.05, 0) is 30.4 Å². The molecule has 0 bridgehead atoms. The van der Waals surface area contributed by atoms with Gasteiger partial charge in [-0.25, -0.2) is 0 Å². The van der Waals surface area contributed by atoms with Crippen LogP contribution in [0.1, 0.15) is 29.2 Å². The van der Waals surface area contributed by atoms with Crippen LogP contribution >= 0.6 is 11.3 Å². The van der Waals surface area contributed by atoms with E-state index in [-0.39, 0.29) is 17.7 Å². The van der Waals surface area contributed by atoms with Crippen LogP contribution in [0.3, 0.4) is 0 Å². The van der Waals surface area contributed by atoms with Gasteiger partial charge in [-0.1, -0.05) is 0 Å². The maximum absolute atomic E-state index is 12.5. The highest BCUT2D eigenvalue weighted by molar-refractivity contribution is 7.10. The Morgan fingerprint density at radius 1 is 1.27 bits per heavy atom. The summed E-state index contributed by atoms with van der Waals surface area (Å²) in [7, 11) is 0. The molecule has 0 aromatic carbocycles. The summed E-state index contributed by atoms with van der Waals surface area (Å²) in [4.78, 5) is 29.5. The Hall–Kier alpha value is -1.24. The monoisotopic (exact) mass is 322 g/mol. The fraction of sp³-hybridized carbons (Fsp3) is 0.625. The van der Waals surface area contributed by atoms with E-state index in [0.717, 1.165) is 49.7 Å². The lowest BCUT2D eigenvalue weighted by atomic mass is 10.0. The molecule has 2 fully saturated rings. The molecule has 2 aliphatic heterocycles. The molecule has 6 heteroatoms. The van der Waals surface area contributed by atoms with Crippen LogP contribution in [0.2, 0.25) is 0 Å². The van der Waals surface area contributed by atoms with Gasteiger partial charge in [0, 0.05) is 37.5 Å². The molecule has 0 saturated carbocycles. The van der Waals surface area contributed by atoms with E-state index in [1.165, 1.54) is 4.90 Å². The average molecular weight is 322 g/mol. The number of morpholine rings is 1. The smallest absolute Gasteiger partial charge is 0.238 e. The lowest BCUT2D eigenvalue weighted by Crippen LogP contribution is -2.39. The number of rotatable bonds is 5. The summed E-state index contributed by atoms with van der Waals surface area (Å²) < 4.78 is 5.32. The fourth-order valence-corrected chi connectivity index (χ4v) is 4.16. The lowest BCUT2D eigenvalue weighted by molar-refractivity contribution is -0.138. The van der Waals surface area contributed by atoms with Gasteiger partial charge in [0.05, 0.1) is 19.1 Å². The number of nitrogens with zero attached hydrogens (tertiary/aromatic N) is 2. The third-order valence-corrected chi connectivity index (χ3v) is 5.55. The molecule has 2 saturated heterocycles. The SMILES string of the molecule is Cc1ccsc1C1CC(=O)N(CCCN2CCOCC2)C1=O. The molecule has 0 aliphatic carbocycles. The Morgan fingerprint density at radius 2 is 2.05 bits per heavy atom. The van der Waals surface area contributed by atoms with Crippen LogP contribution in [0.25, 0.3) is 0 Å². The molecule has 2 amide bonds. The standard InChI is InChI=1S/C16H22N2O3S/c1-12-3-10-22-15(12)13-11-14(19)18(16(13)20)5-2-4-17-6-8-21-9-7-17/h3,10,13H,2,4-9,11H2,1H3. The summed E-state index contributed by atoms with van der Waals surface area (Å²) in [6.07, 6.45) is 1.17. The minimum absolute atomic E-state index is 0.0162. The van der Waals surface area contributed by atoms with Crippen LogP contribution in [-0.4, -0.2) is 61.0 Å². The number of amides is 2. The van der Waals surface area contributed by atoms with E-state index in [4.69, 9.17) is 4.74 Å². The van der Waals surface area contributed by atoms with E-state index in [2.05, 4.69) is 4.90 Å². The van der Waals surface area contributed by atoms with Crippen molar-refractivity contribution in [3.05, 3.63) is 21.9 Å². The zero-order valence-corrected chi connectivity index (χ0v) is 13.7. The highest BCUT2D eigenvalue weighted by Gasteiger charge is 2.40. The van der Waals surface area contributed by atoms with Gasteiger partial charge in [-0.3, -0.25) is 19.4 Å². The average Bonchev–Trinajstić information content (AvgIpc) is 3.06. The van der Waals surface area contributed by atoms with E-state index < -0.39 is 0 Å². The molecule has 0 radical (unpaired) electrons. The normalized spacial score (nSPS) is 23.5. The summed E-state index contributed by atoms with van der Waals surface area (Å²) in [5, 5.41) is 1.99. The summed E-state index contributed by atoms with van der Waals surface area (Å²) in [5.41, 5.74) is 1.12. The second kappa shape index (κ2) is 6.89. The number of likely N-dealkylation sites (tertiary alicyclic amines) is 1. The molecule has 120 valence electrons. The van der Waals surface area contributed by atoms with Crippen molar-refractivity contribution in [2.24, 2.45) is 0 Å². The number of carbonyl (C=O) groups is 2. The van der Waals surface area contributed by atoms with Crippen LogP contribution in [0.15, 0.2) is 11.4 Å². The molecular weight excluding hydrogens is 300 g/mol. The molecule has 1 aromatic rings. The predicted molar refractivity (Wildman–Crippen MR) is 85.0 cm³/mol. The molecule has 0 spiro atoms. The number of carbonyl (C=O) groups excluding carboxylic acids is 2. The maximum atomic E-state index is 12.5. The lowest BCUT2D eigenvalue weighted by Gasteiger charge is -2.27. The van der Waals surface area contributed by atoms with Crippen molar-refractivity contribution in [2.45, 2.75) is 25.7 Å². The van der Waals surface area contributed by atoms with Gasteiger partial charge < -0.3 is 4.74 Å². The first-order valence-electron chi connectivity index (χ1n) is 7.85. The number of imide groups is 1. The molecular formula is C16H22N2O3S. The number of thiophene rings is 1. The van der Waals surface area contributed by atoms with Crippen molar-refractivity contribution in [2.75, 3.05) is 39.4 Å². The summed E-state index contributed by atoms with van der Waals surface area (Å²) in [5.74, 6) is -0.293. The van der Waals surface area contributed by atoms with Crippen molar-refractivity contribution in [3.8, 4) is 0 Å². The molecule has 0 N–H and O–H groups in total. The second-order valence-corrected chi connectivity index (χ2v) is 6.86. The molecule has 1 atom stereocenters. The number of hydrogen-bond acceptors (Lipinski definition) is 5. The van der Waals surface area contributed by atoms with E-state index in [1.54, 1.807) is 11.3 Å². The quantitative estimate of drug-likeness (QED) is 0.773. The Balaban J connectivity index is 1.54. The zero-order chi connectivity index (χ0) is 15.5. The van der Waals surface area contributed by atoms with Gasteiger partial charge in [-0.15, -0.1) is 11.3 Å². The van der Waals surface area contributed by atoms with Gasteiger partial charge in [0.15, 0.2) is 0 Å². The summed E-state index contributed by atoms with van der Waals surface area (Å²) in [6, 6.07) is 2.01. The Bertz CT molecular complexity index is 551. The fourth-order valence-electron chi connectivity index (χ4n) is 3.14. The van der Waals surface area contributed by atoms with E-state index in [9.17, 15) is 9.59 Å². The van der Waals surface area contributed by atoms with Gasteiger partial charge in [0.2, 0.25) is 11.8 Å². The van der Waals surface area contributed by atoms with Crippen LogP contribution in [-0.2, 0) is 14.3 Å². The summed E-state index contributed by atoms with van der Waals surface area (Å²) in [6.45, 7) is 6.91. The van der Waals surface area contributed by atoms with Gasteiger partial charge in [-0.2, -0.15) is 0 Å². The molecule has 2 aliphatic rings. The Labute approximate surface area is 134 Å². The molecule has 1 unspecified atom stereocenters. The van der Waals surface area contributed by atoms with Crippen molar-refractivity contribution >= 4 is 23.2 Å². The second-order valence-electron chi connectivity index (χ2n) is 5.92. The zero-order valence-electron chi connectivity index (χ0n) is 12.9. The highest BCUT2D eigenvalue weighted by Crippen LogP contribution is 2.34. The molecule has 22 heavy (non-hydrogen) atoms. The van der Waals surface area contributed by atoms with Gasteiger partial charge in [0.25, 0.3) is 0 Å². The van der Waals surface area contributed by atoms with E-state index >= 15 is 0 Å². The van der Waals surface area contributed by atoms with Crippen LogP contribution in [0.5, 0.6) is 0 Å². The van der Waals surface area contributed by atoms with Gasteiger partial charge >= 0.3 is 0 Å². The van der Waals surface area contributed by atoms with Crippen molar-refractivity contribution in [1.82, 2.24) is 9.80 Å². The third kappa shape index (κ3) is 3.24. The van der Waals surface area contributed by atoms with Crippen molar-refractivity contribution in [1.29, 1.82) is 0 Å². The largest absolute Gasteiger partial charge is 0.379 e. The Kier molecular flexibility index (Phi) is 4.90. The van der Waals surface area contributed by atoms with Gasteiger partial charge in [0.1, 0.15) is 0 Å². The highest BCUT2D eigenvalue weighted by atomic mass is 32.1. The maximum Gasteiger partial charge on any atom is 0.238 e. The minimum Gasteiger partial charge on any atom is -0.379 e. The number of hydrogen-bond donors (Lipinski definition) is 0. The summed E-state index contributed by atoms with van der Waals surface area (Å²) >= 11 is 1.58. The minimum atomic E-state index is -0.254. The van der Waals surface area contributed by atoms with Crippen molar-refractivity contribution in [3.63, 3.8) is 0 Å². The molecule has 1 aromatic heterocycles. The number of ether oxygens (including phenoxy) is 1. The topological polar surface area (TPSA) is 49.9 Å². The molecule has 5 nitrogen and oxygen atoms in total. The first-order chi connectivity index (χ1) is 10.7. The predicted octanol–water partition coefficient (Wildman–Crippen LogP) is 1.62. The van der Waals surface area contributed by atoms with E-state index in [1.807, 2.05) is 18.4 Å². The first kappa shape index (κ1) is 15.6. The molecule has 3 heterocycles. The number of aryl methyl sites for hydroxylation is 1. The molecule has 3 rings (SSSR count). The van der Waals surface area contributed by atoms with Crippen molar-refractivity contribution < 1.29 is 14.3 Å². The third-order valence-electron chi connectivity index (χ3n) is 4.42. The Morgan fingerprint density at radius 3 is 2.73 bits per heavy atom. The first-order valence-corrected chi connectivity index (χ1v) is 8.73. The van der Waals surface area contributed by atoms with Crippen LogP contribution in [0.4, 0.5) is 0 Å². The van der Waals surface area contributed by atoms with Crippen LogP contribution < -0.4 is 0 Å².